The summed E-state index contributed by atoms with van der Waals surface area (Å²) in [7, 11) is -3.72. The van der Waals surface area contributed by atoms with Crippen LogP contribution in [0.3, 0.4) is 0 Å². The summed E-state index contributed by atoms with van der Waals surface area (Å²) in [6.45, 7) is 4.09. The van der Waals surface area contributed by atoms with Crippen molar-refractivity contribution in [3.63, 3.8) is 0 Å². The highest BCUT2D eigenvalue weighted by molar-refractivity contribution is 7.86. The molecule has 7 rings (SSSR count). The van der Waals surface area contributed by atoms with Crippen LogP contribution in [0.4, 0.5) is 11.4 Å². The van der Waals surface area contributed by atoms with Crippen molar-refractivity contribution < 1.29 is 50.8 Å². The van der Waals surface area contributed by atoms with Crippen LogP contribution in [-0.2, 0) is 29.8 Å². The number of amides is 1. The van der Waals surface area contributed by atoms with E-state index in [4.69, 9.17) is 18.8 Å². The number of rotatable bonds is 9. The summed E-state index contributed by atoms with van der Waals surface area (Å²) < 4.78 is 67.5. The van der Waals surface area contributed by atoms with Crippen LogP contribution in [0.25, 0.3) is 21.7 Å². The molecule has 0 bridgehead atoms. The lowest BCUT2D eigenvalue weighted by Crippen LogP contribution is -2.48. The standard InChI is InChI=1S/C31H33N5O4.C10H8O6S2.H2O/c1-34-15-17-36(18-16-34)20-27(37)35(2)24-12-10-23(11-13-24)32-29(21-7-5-4-6-8-21)28-25-14-9-22(31(39)40-3)19-26(25)33-30(28)38;11-17(12,13)9-5-1-3-7-8(9)4-2-6-10(7)18(14,15)16;/h4-14,19,33,38H,15-18,20H2,1-3H3;1-6H,(H,11,12,13)(H,14,15,16);1H2. The Morgan fingerprint density at radius 1 is 0.763 bits per heavy atom. The maximum atomic E-state index is 12.9. The summed E-state index contributed by atoms with van der Waals surface area (Å²) in [5.41, 5.74) is 4.34. The van der Waals surface area contributed by atoms with E-state index in [0.29, 0.717) is 34.6 Å². The molecular formula is C41H43N5O11S2. The average molecular weight is 846 g/mol. The number of esters is 1. The second kappa shape index (κ2) is 18.3. The number of H-pyrrole nitrogens is 1. The number of aromatic nitrogens is 1. The summed E-state index contributed by atoms with van der Waals surface area (Å²) in [5, 5.41) is 11.7. The first-order valence-electron chi connectivity index (χ1n) is 17.9. The van der Waals surface area contributed by atoms with Crippen molar-refractivity contribution in [2.24, 2.45) is 4.99 Å². The third kappa shape index (κ3) is 10.2. The van der Waals surface area contributed by atoms with Gasteiger partial charge in [-0.05, 0) is 55.6 Å². The fraction of sp³-hybridized carbons (Fsp3) is 0.195. The molecule has 0 atom stereocenters. The lowest BCUT2D eigenvalue weighted by Gasteiger charge is -2.32. The van der Waals surface area contributed by atoms with Gasteiger partial charge in [-0.2, -0.15) is 16.8 Å². The largest absolute Gasteiger partial charge is 0.494 e. The Morgan fingerprint density at radius 2 is 1.34 bits per heavy atom. The van der Waals surface area contributed by atoms with Crippen LogP contribution < -0.4 is 4.90 Å². The normalized spacial score (nSPS) is 13.9. The highest BCUT2D eigenvalue weighted by Gasteiger charge is 2.22. The number of likely N-dealkylation sites (N-methyl/N-ethyl adjacent to an activating group) is 2. The minimum absolute atomic E-state index is 0. The third-order valence-corrected chi connectivity index (χ3v) is 11.5. The number of nitrogens with one attached hydrogen (secondary N) is 1. The quantitative estimate of drug-likeness (QED) is 0.0891. The van der Waals surface area contributed by atoms with Crippen molar-refractivity contribution in [2.45, 2.75) is 9.79 Å². The number of nitrogens with zero attached hydrogens (tertiary/aromatic N) is 4. The second-order valence-corrected chi connectivity index (χ2v) is 16.3. The molecule has 1 aromatic heterocycles. The number of methoxy groups -OCH3 is 1. The van der Waals surface area contributed by atoms with Crippen molar-refractivity contribution in [3.8, 4) is 5.88 Å². The molecule has 0 radical (unpaired) electrons. The van der Waals surface area contributed by atoms with Crippen molar-refractivity contribution in [2.75, 3.05) is 58.8 Å². The van der Waals surface area contributed by atoms with Gasteiger partial charge in [0.2, 0.25) is 5.91 Å². The van der Waals surface area contributed by atoms with Gasteiger partial charge in [-0.3, -0.25) is 18.8 Å². The molecule has 0 spiro atoms. The molecule has 2 heterocycles. The van der Waals surface area contributed by atoms with Gasteiger partial charge in [0.05, 0.1) is 36.2 Å². The van der Waals surface area contributed by atoms with E-state index in [0.717, 1.165) is 54.9 Å². The molecule has 1 fully saturated rings. The number of piperazine rings is 1. The fourth-order valence-electron chi connectivity index (χ4n) is 6.56. The van der Waals surface area contributed by atoms with E-state index >= 15 is 0 Å². The van der Waals surface area contributed by atoms with Gasteiger partial charge in [0.15, 0.2) is 5.88 Å². The number of hydrogen-bond acceptors (Lipinski definition) is 11. The topological polar surface area (TPSA) is 242 Å². The van der Waals surface area contributed by atoms with Crippen LogP contribution in [0.5, 0.6) is 5.88 Å². The van der Waals surface area contributed by atoms with Crippen LogP contribution in [0.15, 0.2) is 124 Å². The monoisotopic (exact) mass is 845 g/mol. The number of aliphatic imine (C=N–C) groups is 1. The predicted molar refractivity (Wildman–Crippen MR) is 224 cm³/mol. The van der Waals surface area contributed by atoms with E-state index in [-0.39, 0.29) is 28.0 Å². The maximum Gasteiger partial charge on any atom is 0.337 e. The summed E-state index contributed by atoms with van der Waals surface area (Å²) in [5.74, 6) is -0.465. The first-order chi connectivity index (χ1) is 27.5. The summed E-state index contributed by atoms with van der Waals surface area (Å²) in [4.78, 5) is 38.2. The minimum atomic E-state index is -4.47. The number of hydrogen-bond donors (Lipinski definition) is 4. The van der Waals surface area contributed by atoms with E-state index < -0.39 is 36.0 Å². The number of fused-ring (bicyclic) bond motifs is 2. The van der Waals surface area contributed by atoms with Crippen LogP contribution in [-0.4, -0.2) is 123 Å². The predicted octanol–water partition coefficient (Wildman–Crippen LogP) is 4.55. The van der Waals surface area contributed by atoms with E-state index in [1.54, 1.807) is 30.1 Å². The van der Waals surface area contributed by atoms with E-state index in [2.05, 4.69) is 21.8 Å². The highest BCUT2D eigenvalue weighted by atomic mass is 32.2. The zero-order valence-corrected chi connectivity index (χ0v) is 33.9. The number of carbonyl (C=O) groups excluding carboxylic acids is 2. The van der Waals surface area contributed by atoms with E-state index in [9.17, 15) is 31.5 Å². The molecule has 0 unspecified atom stereocenters. The van der Waals surface area contributed by atoms with E-state index in [1.165, 1.54) is 31.4 Å². The number of anilines is 1. The van der Waals surface area contributed by atoms with E-state index in [1.807, 2.05) is 54.6 Å². The van der Waals surface area contributed by atoms with Gasteiger partial charge >= 0.3 is 5.97 Å². The van der Waals surface area contributed by atoms with Gasteiger partial charge in [-0.1, -0.05) is 60.7 Å². The SMILES string of the molecule is COC(=O)c1ccc2c(C(=Nc3ccc(N(C)C(=O)CN4CCN(C)CC4)cc3)c3ccccc3)c(O)[nH]c2c1.O.O=S(=O)(O)c1cccc2c(S(=O)(=O)O)cccc12. The molecule has 6 N–H and O–H groups in total. The zero-order valence-electron chi connectivity index (χ0n) is 32.2. The van der Waals surface area contributed by atoms with Gasteiger partial charge < -0.3 is 30.1 Å². The van der Waals surface area contributed by atoms with Crippen molar-refractivity contribution in [1.29, 1.82) is 0 Å². The molecule has 1 aliphatic heterocycles. The summed E-state index contributed by atoms with van der Waals surface area (Å²) >= 11 is 0. The Morgan fingerprint density at radius 3 is 1.88 bits per heavy atom. The number of benzene rings is 5. The first-order valence-corrected chi connectivity index (χ1v) is 20.7. The van der Waals surface area contributed by atoms with Gasteiger partial charge in [0.25, 0.3) is 20.2 Å². The van der Waals surface area contributed by atoms with Crippen LogP contribution >= 0.6 is 0 Å². The molecule has 59 heavy (non-hydrogen) atoms. The molecule has 0 saturated carbocycles. The summed E-state index contributed by atoms with van der Waals surface area (Å²) in [6.07, 6.45) is 0. The fourth-order valence-corrected chi connectivity index (χ4v) is 7.97. The van der Waals surface area contributed by atoms with Crippen molar-refractivity contribution in [1.82, 2.24) is 14.8 Å². The highest BCUT2D eigenvalue weighted by Crippen LogP contribution is 2.33. The lowest BCUT2D eigenvalue weighted by molar-refractivity contribution is -0.119. The Hall–Kier alpha value is -5.99. The van der Waals surface area contributed by atoms with Gasteiger partial charge in [-0.25, -0.2) is 9.79 Å². The number of aromatic hydroxyl groups is 1. The van der Waals surface area contributed by atoms with Gasteiger partial charge in [-0.15, -0.1) is 0 Å². The first kappa shape index (κ1) is 44.1. The molecule has 1 saturated heterocycles. The van der Waals surface area contributed by atoms with Crippen LogP contribution in [0.1, 0.15) is 21.5 Å². The lowest BCUT2D eigenvalue weighted by atomic mass is 10.00. The molecular weight excluding hydrogens is 803 g/mol. The Labute approximate surface area is 340 Å². The number of ether oxygens (including phenoxy) is 1. The minimum Gasteiger partial charge on any atom is -0.494 e. The van der Waals surface area contributed by atoms with Gasteiger partial charge in [0.1, 0.15) is 9.79 Å². The molecule has 1 amide bonds. The van der Waals surface area contributed by atoms with Gasteiger partial charge in [0, 0.05) is 66.2 Å². The molecule has 18 heteroatoms. The molecule has 6 aromatic rings. The Kier molecular flexibility index (Phi) is 13.7. The third-order valence-electron chi connectivity index (χ3n) is 9.69. The zero-order chi connectivity index (χ0) is 41.8. The van der Waals surface area contributed by atoms with Crippen molar-refractivity contribution >= 4 is 70.9 Å². The van der Waals surface area contributed by atoms with Crippen LogP contribution in [0.2, 0.25) is 0 Å². The number of aromatic amines is 1. The second-order valence-electron chi connectivity index (χ2n) is 13.5. The van der Waals surface area contributed by atoms with Crippen LogP contribution in [0, 0.1) is 0 Å². The molecule has 1 aliphatic rings. The molecule has 5 aromatic carbocycles. The maximum absolute atomic E-state index is 12.9. The smallest absolute Gasteiger partial charge is 0.337 e. The number of carbonyl (C=O) groups is 2. The van der Waals surface area contributed by atoms with Crippen molar-refractivity contribution in [3.05, 3.63) is 126 Å². The summed E-state index contributed by atoms with van der Waals surface area (Å²) in [6, 6.07) is 29.7. The Balaban J connectivity index is 0.000000292. The molecule has 310 valence electrons. The molecule has 0 aliphatic carbocycles. The average Bonchev–Trinajstić information content (AvgIpc) is 3.54. The molecule has 16 nitrogen and oxygen atoms in total. The Bertz CT molecular complexity index is 2660.